The number of nitrogens with zero attached hydrogens (tertiary/aromatic N) is 7. The van der Waals surface area contributed by atoms with Gasteiger partial charge in [0.05, 0.1) is 17.0 Å². The molecular weight excluding hydrogens is 457 g/mol. The monoisotopic (exact) mass is 474 g/mol. The van der Waals surface area contributed by atoms with Gasteiger partial charge in [-0.1, -0.05) is 18.2 Å². The minimum absolute atomic E-state index is 0.0632. The van der Waals surface area contributed by atoms with Crippen molar-refractivity contribution in [1.29, 1.82) is 5.26 Å². The maximum atomic E-state index is 14.6. The third-order valence-electron chi connectivity index (χ3n) is 5.44. The smallest absolute Gasteiger partial charge is 0.271 e. The number of fused-ring (bicyclic) bond motifs is 1. The summed E-state index contributed by atoms with van der Waals surface area (Å²) in [6, 6.07) is 13.9. The fourth-order valence-electron chi connectivity index (χ4n) is 3.92. The molecule has 0 saturated heterocycles. The molecule has 2 N–H and O–H groups in total. The number of pyridine rings is 2. The highest BCUT2D eigenvalue weighted by Gasteiger charge is 2.38. The van der Waals surface area contributed by atoms with E-state index in [9.17, 15) is 18.4 Å². The van der Waals surface area contributed by atoms with Crippen molar-refractivity contribution in [2.45, 2.75) is 18.9 Å². The Bertz CT molecular complexity index is 1580. The zero-order valence-corrected chi connectivity index (χ0v) is 18.3. The summed E-state index contributed by atoms with van der Waals surface area (Å²) in [5.74, 6) is -3.66. The van der Waals surface area contributed by atoms with E-state index >= 15 is 0 Å². The topological polar surface area (TPSA) is 111 Å². The largest absolute Gasteiger partial charge is 0.366 e. The van der Waals surface area contributed by atoms with Crippen LogP contribution in [0.25, 0.3) is 28.2 Å². The van der Waals surface area contributed by atoms with Gasteiger partial charge < -0.3 is 5.73 Å². The summed E-state index contributed by atoms with van der Waals surface area (Å²) < 4.78 is 45.2. The van der Waals surface area contributed by atoms with Crippen molar-refractivity contribution in [2.75, 3.05) is 5.73 Å². The van der Waals surface area contributed by atoms with Crippen LogP contribution in [0, 0.1) is 17.1 Å². The number of aromatic nitrogens is 6. The van der Waals surface area contributed by atoms with E-state index < -0.39 is 17.8 Å². The van der Waals surface area contributed by atoms with Crippen LogP contribution in [-0.2, 0) is 0 Å². The van der Waals surface area contributed by atoms with Crippen molar-refractivity contribution in [3.63, 3.8) is 0 Å². The highest BCUT2D eigenvalue weighted by molar-refractivity contribution is 5.70. The summed E-state index contributed by atoms with van der Waals surface area (Å²) in [6.07, 6.45) is 3.05. The molecule has 5 aromatic rings. The van der Waals surface area contributed by atoms with E-state index in [-0.39, 0.29) is 17.2 Å². The van der Waals surface area contributed by atoms with E-state index in [0.717, 1.165) is 29.3 Å². The van der Waals surface area contributed by atoms with Crippen molar-refractivity contribution in [3.8, 4) is 28.6 Å². The predicted octanol–water partition coefficient (Wildman–Crippen LogP) is 4.49. The maximum absolute atomic E-state index is 14.6. The maximum Gasteiger partial charge on any atom is 0.271 e. The Morgan fingerprint density at radius 1 is 1.03 bits per heavy atom. The number of hydrogen-bond donors (Lipinski definition) is 1. The van der Waals surface area contributed by atoms with Crippen LogP contribution in [0.5, 0.6) is 0 Å². The molecule has 0 radical (unpaired) electrons. The van der Waals surface area contributed by atoms with Gasteiger partial charge in [-0.25, -0.2) is 22.7 Å². The van der Waals surface area contributed by atoms with Crippen LogP contribution in [0.3, 0.4) is 0 Å². The van der Waals surface area contributed by atoms with E-state index in [1.807, 2.05) is 6.07 Å². The second kappa shape index (κ2) is 8.25. The van der Waals surface area contributed by atoms with Crippen LogP contribution < -0.4 is 5.73 Å². The molecule has 174 valence electrons. The van der Waals surface area contributed by atoms with Gasteiger partial charge in [-0.3, -0.25) is 4.68 Å². The third kappa shape index (κ3) is 4.17. The number of anilines is 1. The Labute approximate surface area is 197 Å². The Balaban J connectivity index is 1.58. The SMILES string of the molecule is CC(F)(F)C(c1ccc(F)cc1)n1cc(-c2cccc(-c3ccn4nc(N)nc4c3)n2)c(C#N)n1. The van der Waals surface area contributed by atoms with Gasteiger partial charge in [-0.05, 0) is 42.0 Å². The molecule has 1 aromatic carbocycles. The number of nitrogen functional groups attached to an aromatic ring is 1. The molecule has 0 aliphatic heterocycles. The van der Waals surface area contributed by atoms with Gasteiger partial charge in [0.2, 0.25) is 5.95 Å². The number of alkyl halides is 2. The molecular formula is C24H17F3N8. The molecule has 0 fully saturated rings. The zero-order valence-electron chi connectivity index (χ0n) is 18.3. The zero-order chi connectivity index (χ0) is 24.7. The Kier molecular flexibility index (Phi) is 5.21. The molecule has 1 atom stereocenters. The first kappa shape index (κ1) is 22.1. The summed E-state index contributed by atoms with van der Waals surface area (Å²) in [6.45, 7) is 0.751. The standard InChI is InChI=1S/C24H17F3N8/c1-24(26,27)22(14-5-7-16(25)8-6-14)35-13-17(20(12-28)32-35)19-4-2-3-18(30-19)15-9-10-34-21(11-15)31-23(29)33-34/h2-11,13,22H,1H3,(H2,29,33). The van der Waals surface area contributed by atoms with Crippen molar-refractivity contribution >= 4 is 11.6 Å². The molecule has 11 heteroatoms. The van der Waals surface area contributed by atoms with Crippen molar-refractivity contribution in [1.82, 2.24) is 29.4 Å². The number of nitrogens with two attached hydrogens (primary N) is 1. The van der Waals surface area contributed by atoms with Gasteiger partial charge in [0, 0.05) is 24.9 Å². The molecule has 0 spiro atoms. The second-order valence-corrected chi connectivity index (χ2v) is 7.99. The molecule has 5 rings (SSSR count). The van der Waals surface area contributed by atoms with Crippen LogP contribution in [0.1, 0.15) is 24.2 Å². The van der Waals surface area contributed by atoms with E-state index in [1.165, 1.54) is 22.8 Å². The minimum Gasteiger partial charge on any atom is -0.366 e. The van der Waals surface area contributed by atoms with Crippen LogP contribution in [0.2, 0.25) is 0 Å². The lowest BCUT2D eigenvalue weighted by atomic mass is 10.0. The Morgan fingerprint density at radius 2 is 1.77 bits per heavy atom. The first-order valence-corrected chi connectivity index (χ1v) is 10.4. The molecule has 1 unspecified atom stereocenters. The molecule has 0 amide bonds. The summed E-state index contributed by atoms with van der Waals surface area (Å²) in [5, 5.41) is 17.8. The first-order chi connectivity index (χ1) is 16.7. The van der Waals surface area contributed by atoms with Gasteiger partial charge in [-0.15, -0.1) is 5.10 Å². The molecule has 8 nitrogen and oxygen atoms in total. The van der Waals surface area contributed by atoms with Crippen LogP contribution in [0.4, 0.5) is 19.1 Å². The Hall–Kier alpha value is -4.72. The number of benzene rings is 1. The highest BCUT2D eigenvalue weighted by Crippen LogP contribution is 2.36. The van der Waals surface area contributed by atoms with E-state index in [1.54, 1.807) is 36.5 Å². The van der Waals surface area contributed by atoms with E-state index in [2.05, 4.69) is 20.2 Å². The van der Waals surface area contributed by atoms with Gasteiger partial charge >= 0.3 is 0 Å². The molecule has 35 heavy (non-hydrogen) atoms. The third-order valence-corrected chi connectivity index (χ3v) is 5.44. The van der Waals surface area contributed by atoms with Crippen molar-refractivity contribution < 1.29 is 13.2 Å². The number of nitriles is 1. The molecule has 4 aromatic heterocycles. The minimum atomic E-state index is -3.25. The van der Waals surface area contributed by atoms with Crippen LogP contribution in [-0.4, -0.2) is 35.3 Å². The number of rotatable bonds is 5. The van der Waals surface area contributed by atoms with E-state index in [0.29, 0.717) is 22.6 Å². The Morgan fingerprint density at radius 3 is 2.49 bits per heavy atom. The molecule has 0 aliphatic carbocycles. The molecule has 0 bridgehead atoms. The normalized spacial score (nSPS) is 12.5. The molecule has 0 aliphatic rings. The summed E-state index contributed by atoms with van der Waals surface area (Å²) in [7, 11) is 0. The lowest BCUT2D eigenvalue weighted by molar-refractivity contribution is -0.0217. The number of hydrogen-bond acceptors (Lipinski definition) is 6. The predicted molar refractivity (Wildman–Crippen MR) is 122 cm³/mol. The summed E-state index contributed by atoms with van der Waals surface area (Å²) in [4.78, 5) is 8.76. The first-order valence-electron chi connectivity index (χ1n) is 10.4. The highest BCUT2D eigenvalue weighted by atomic mass is 19.3. The lowest BCUT2D eigenvalue weighted by Gasteiger charge is -2.24. The lowest BCUT2D eigenvalue weighted by Crippen LogP contribution is -2.29. The molecule has 0 saturated carbocycles. The van der Waals surface area contributed by atoms with Crippen molar-refractivity contribution in [3.05, 3.63) is 84.1 Å². The summed E-state index contributed by atoms with van der Waals surface area (Å²) >= 11 is 0. The summed E-state index contributed by atoms with van der Waals surface area (Å²) in [5.41, 5.74) is 8.23. The van der Waals surface area contributed by atoms with Crippen LogP contribution >= 0.6 is 0 Å². The van der Waals surface area contributed by atoms with Gasteiger partial charge in [0.15, 0.2) is 11.3 Å². The average molecular weight is 474 g/mol. The molecule has 4 heterocycles. The van der Waals surface area contributed by atoms with Gasteiger partial charge in [0.25, 0.3) is 5.92 Å². The van der Waals surface area contributed by atoms with E-state index in [4.69, 9.17) is 5.73 Å². The second-order valence-electron chi connectivity index (χ2n) is 7.99. The average Bonchev–Trinajstić information content (AvgIpc) is 3.41. The quantitative estimate of drug-likeness (QED) is 0.402. The van der Waals surface area contributed by atoms with Crippen molar-refractivity contribution in [2.24, 2.45) is 0 Å². The fraction of sp³-hybridized carbons (Fsp3) is 0.125. The van der Waals surface area contributed by atoms with Crippen LogP contribution in [0.15, 0.2) is 67.0 Å². The van der Waals surface area contributed by atoms with Gasteiger partial charge in [-0.2, -0.15) is 15.3 Å². The number of halogens is 3. The fourth-order valence-corrected chi connectivity index (χ4v) is 3.92. The van der Waals surface area contributed by atoms with Gasteiger partial charge in [0.1, 0.15) is 17.9 Å².